The van der Waals surface area contributed by atoms with Crippen LogP contribution in [0.2, 0.25) is 0 Å². The Morgan fingerprint density at radius 2 is 1.46 bits per heavy atom. The number of carboxylic acid groups (broad SMARTS) is 1. The standard InChI is InChI=1S/C21H24N2O3/c1-14-8-10-17(11-9-14)23-15(2)12-22(13-16(23)3)20(24)18-6-4-5-7-19(18)21(25)26/h4-11,15-16H,12-13H2,1-3H3,(H,25,26)/p-1. The Labute approximate surface area is 153 Å². The highest BCUT2D eigenvalue weighted by Gasteiger charge is 2.32. The highest BCUT2D eigenvalue weighted by Crippen LogP contribution is 2.26. The summed E-state index contributed by atoms with van der Waals surface area (Å²) < 4.78 is 0. The molecule has 0 bridgehead atoms. The summed E-state index contributed by atoms with van der Waals surface area (Å²) >= 11 is 0. The first-order chi connectivity index (χ1) is 12.4. The van der Waals surface area contributed by atoms with Crippen LogP contribution in [0.1, 0.15) is 40.1 Å². The average Bonchev–Trinajstić information content (AvgIpc) is 2.62. The van der Waals surface area contributed by atoms with Crippen LogP contribution in [0, 0.1) is 6.92 Å². The van der Waals surface area contributed by atoms with Crippen molar-refractivity contribution in [2.45, 2.75) is 32.9 Å². The molecule has 3 rings (SSSR count). The molecule has 2 aromatic rings. The number of aromatic carboxylic acids is 1. The van der Waals surface area contributed by atoms with Crippen LogP contribution in [0.25, 0.3) is 0 Å². The van der Waals surface area contributed by atoms with E-state index < -0.39 is 5.97 Å². The van der Waals surface area contributed by atoms with Gasteiger partial charge in [-0.15, -0.1) is 0 Å². The van der Waals surface area contributed by atoms with Gasteiger partial charge in [-0.25, -0.2) is 0 Å². The fourth-order valence-electron chi connectivity index (χ4n) is 3.73. The second-order valence-corrected chi connectivity index (χ2v) is 6.98. The zero-order chi connectivity index (χ0) is 18.8. The van der Waals surface area contributed by atoms with Crippen molar-refractivity contribution in [1.82, 2.24) is 4.90 Å². The molecule has 0 aliphatic carbocycles. The number of benzene rings is 2. The fourth-order valence-corrected chi connectivity index (χ4v) is 3.73. The van der Waals surface area contributed by atoms with Gasteiger partial charge >= 0.3 is 0 Å². The fraction of sp³-hybridized carbons (Fsp3) is 0.333. The molecular formula is C21H23N2O3-. The Kier molecular flexibility index (Phi) is 4.98. The zero-order valence-electron chi connectivity index (χ0n) is 15.3. The Morgan fingerprint density at radius 3 is 2.00 bits per heavy atom. The normalized spacial score (nSPS) is 20.1. The van der Waals surface area contributed by atoms with Gasteiger partial charge in [0.25, 0.3) is 5.91 Å². The first-order valence-corrected chi connectivity index (χ1v) is 8.83. The van der Waals surface area contributed by atoms with Gasteiger partial charge in [0.05, 0.1) is 5.97 Å². The molecule has 0 saturated carbocycles. The van der Waals surface area contributed by atoms with Gasteiger partial charge in [0, 0.05) is 42.0 Å². The van der Waals surface area contributed by atoms with E-state index in [-0.39, 0.29) is 29.1 Å². The lowest BCUT2D eigenvalue weighted by molar-refractivity contribution is -0.255. The Hall–Kier alpha value is -2.82. The lowest BCUT2D eigenvalue weighted by Crippen LogP contribution is -2.58. The molecule has 0 N–H and O–H groups in total. The summed E-state index contributed by atoms with van der Waals surface area (Å²) in [6.45, 7) is 7.31. The van der Waals surface area contributed by atoms with Crippen molar-refractivity contribution in [2.24, 2.45) is 0 Å². The van der Waals surface area contributed by atoms with Gasteiger partial charge in [-0.05, 0) is 39.0 Å². The number of hydrogen-bond donors (Lipinski definition) is 0. The number of hydrogen-bond acceptors (Lipinski definition) is 4. The summed E-state index contributed by atoms with van der Waals surface area (Å²) in [7, 11) is 0. The van der Waals surface area contributed by atoms with Crippen molar-refractivity contribution in [2.75, 3.05) is 18.0 Å². The minimum atomic E-state index is -1.33. The summed E-state index contributed by atoms with van der Waals surface area (Å²) in [6.07, 6.45) is 0. The van der Waals surface area contributed by atoms with Crippen molar-refractivity contribution < 1.29 is 14.7 Å². The summed E-state index contributed by atoms with van der Waals surface area (Å²) in [5.41, 5.74) is 2.48. The van der Waals surface area contributed by atoms with Crippen LogP contribution in [0.3, 0.4) is 0 Å². The van der Waals surface area contributed by atoms with E-state index in [4.69, 9.17) is 0 Å². The third-order valence-corrected chi connectivity index (χ3v) is 4.92. The molecule has 2 atom stereocenters. The molecule has 0 aromatic heterocycles. The van der Waals surface area contributed by atoms with E-state index in [0.29, 0.717) is 13.1 Å². The number of carbonyl (C=O) groups is 2. The molecule has 5 heteroatoms. The molecule has 0 radical (unpaired) electrons. The lowest BCUT2D eigenvalue weighted by atomic mass is 10.0. The molecule has 0 spiro atoms. The molecule has 1 amide bonds. The van der Waals surface area contributed by atoms with E-state index in [9.17, 15) is 14.7 Å². The third-order valence-electron chi connectivity index (χ3n) is 4.92. The summed E-state index contributed by atoms with van der Waals surface area (Å²) in [5.74, 6) is -1.58. The first-order valence-electron chi connectivity index (χ1n) is 8.83. The smallest absolute Gasteiger partial charge is 0.254 e. The van der Waals surface area contributed by atoms with Gasteiger partial charge < -0.3 is 19.7 Å². The van der Waals surface area contributed by atoms with E-state index in [1.54, 1.807) is 23.1 Å². The summed E-state index contributed by atoms with van der Waals surface area (Å²) in [5, 5.41) is 11.3. The number of aryl methyl sites for hydroxylation is 1. The van der Waals surface area contributed by atoms with Gasteiger partial charge in [-0.2, -0.15) is 0 Å². The Balaban J connectivity index is 1.82. The van der Waals surface area contributed by atoms with Crippen LogP contribution in [-0.2, 0) is 0 Å². The number of nitrogens with zero attached hydrogens (tertiary/aromatic N) is 2. The minimum Gasteiger partial charge on any atom is -0.545 e. The summed E-state index contributed by atoms with van der Waals surface area (Å²) in [6, 6.07) is 14.9. The first kappa shape index (κ1) is 18.0. The van der Waals surface area contributed by atoms with E-state index in [0.717, 1.165) is 5.69 Å². The Morgan fingerprint density at radius 1 is 0.923 bits per heavy atom. The maximum Gasteiger partial charge on any atom is 0.254 e. The van der Waals surface area contributed by atoms with E-state index in [2.05, 4.69) is 49.9 Å². The van der Waals surface area contributed by atoms with Gasteiger partial charge in [-0.1, -0.05) is 35.9 Å². The number of rotatable bonds is 3. The molecule has 1 fully saturated rings. The number of carbonyl (C=O) groups excluding carboxylic acids is 2. The van der Waals surface area contributed by atoms with Crippen LogP contribution in [0.5, 0.6) is 0 Å². The molecule has 136 valence electrons. The van der Waals surface area contributed by atoms with Gasteiger partial charge in [-0.3, -0.25) is 4.79 Å². The molecule has 1 saturated heterocycles. The van der Waals surface area contributed by atoms with Gasteiger partial charge in [0.1, 0.15) is 0 Å². The number of anilines is 1. The van der Waals surface area contributed by atoms with Crippen LogP contribution < -0.4 is 10.0 Å². The summed E-state index contributed by atoms with van der Waals surface area (Å²) in [4.78, 5) is 28.3. The maximum absolute atomic E-state index is 12.9. The van der Waals surface area contributed by atoms with Crippen molar-refractivity contribution in [3.05, 3.63) is 65.2 Å². The second-order valence-electron chi connectivity index (χ2n) is 6.98. The topological polar surface area (TPSA) is 63.7 Å². The average molecular weight is 351 g/mol. The Bertz CT molecular complexity index is 804. The van der Waals surface area contributed by atoms with Crippen LogP contribution in [0.15, 0.2) is 48.5 Å². The van der Waals surface area contributed by atoms with E-state index >= 15 is 0 Å². The van der Waals surface area contributed by atoms with Crippen molar-refractivity contribution >= 4 is 17.6 Å². The molecular weight excluding hydrogens is 328 g/mol. The molecule has 1 aliphatic rings. The number of amides is 1. The predicted molar refractivity (Wildman–Crippen MR) is 99.3 cm³/mol. The van der Waals surface area contributed by atoms with E-state index in [1.165, 1.54) is 11.6 Å². The molecule has 2 aromatic carbocycles. The van der Waals surface area contributed by atoms with Gasteiger partial charge in [0.2, 0.25) is 0 Å². The van der Waals surface area contributed by atoms with E-state index in [1.807, 2.05) is 0 Å². The zero-order valence-corrected chi connectivity index (χ0v) is 15.3. The maximum atomic E-state index is 12.9. The van der Waals surface area contributed by atoms with Crippen molar-refractivity contribution in [1.29, 1.82) is 0 Å². The highest BCUT2D eigenvalue weighted by atomic mass is 16.4. The van der Waals surface area contributed by atoms with Crippen molar-refractivity contribution in [3.63, 3.8) is 0 Å². The van der Waals surface area contributed by atoms with Gasteiger partial charge in [0.15, 0.2) is 0 Å². The highest BCUT2D eigenvalue weighted by molar-refractivity contribution is 6.04. The second kappa shape index (κ2) is 7.20. The minimum absolute atomic E-state index is 0.0567. The van der Waals surface area contributed by atoms with Crippen molar-refractivity contribution in [3.8, 4) is 0 Å². The molecule has 1 aliphatic heterocycles. The lowest BCUT2D eigenvalue weighted by Gasteiger charge is -2.46. The number of piperazine rings is 1. The van der Waals surface area contributed by atoms with Crippen LogP contribution in [0.4, 0.5) is 5.69 Å². The molecule has 26 heavy (non-hydrogen) atoms. The predicted octanol–water partition coefficient (Wildman–Crippen LogP) is 2.10. The molecule has 2 unspecified atom stereocenters. The van der Waals surface area contributed by atoms with Crippen LogP contribution >= 0.6 is 0 Å². The largest absolute Gasteiger partial charge is 0.545 e. The number of carboxylic acids is 1. The molecule has 1 heterocycles. The van der Waals surface area contributed by atoms with Crippen LogP contribution in [-0.4, -0.2) is 41.9 Å². The third kappa shape index (κ3) is 3.43. The quantitative estimate of drug-likeness (QED) is 0.849. The SMILES string of the molecule is Cc1ccc(N2C(C)CN(C(=O)c3ccccc3C(=O)[O-])CC2C)cc1. The monoisotopic (exact) mass is 351 g/mol. The molecule has 5 nitrogen and oxygen atoms in total.